The van der Waals surface area contributed by atoms with Crippen LogP contribution in [-0.4, -0.2) is 15.9 Å². The van der Waals surface area contributed by atoms with Crippen LogP contribution in [0.4, 0.5) is 5.69 Å². The van der Waals surface area contributed by atoms with Gasteiger partial charge in [-0.2, -0.15) is 0 Å². The molecule has 1 aliphatic heterocycles. The van der Waals surface area contributed by atoms with Crippen molar-refractivity contribution < 1.29 is 4.79 Å². The van der Waals surface area contributed by atoms with Crippen LogP contribution in [0.3, 0.4) is 0 Å². The first-order valence-corrected chi connectivity index (χ1v) is 6.23. The van der Waals surface area contributed by atoms with Crippen molar-refractivity contribution in [3.63, 3.8) is 0 Å². The first-order valence-electron chi connectivity index (χ1n) is 6.23. The van der Waals surface area contributed by atoms with Crippen molar-refractivity contribution in [3.8, 4) is 11.3 Å². The molecular formula is C15H15N3O. The van der Waals surface area contributed by atoms with Crippen LogP contribution >= 0.6 is 0 Å². The third-order valence-corrected chi connectivity index (χ3v) is 3.59. The van der Waals surface area contributed by atoms with Gasteiger partial charge in [0, 0.05) is 17.4 Å². The number of aryl methyl sites for hydroxylation is 1. The second-order valence-corrected chi connectivity index (χ2v) is 5.38. The molecule has 1 aromatic carbocycles. The van der Waals surface area contributed by atoms with Gasteiger partial charge in [0.25, 0.3) is 0 Å². The Labute approximate surface area is 111 Å². The van der Waals surface area contributed by atoms with Crippen molar-refractivity contribution in [2.24, 2.45) is 0 Å². The molecule has 0 unspecified atom stereocenters. The molecule has 0 saturated carbocycles. The summed E-state index contributed by atoms with van der Waals surface area (Å²) in [4.78, 5) is 20.5. The van der Waals surface area contributed by atoms with E-state index in [0.717, 1.165) is 28.2 Å². The Hall–Kier alpha value is -2.23. The average Bonchev–Trinajstić information content (AvgIpc) is 2.61. The summed E-state index contributed by atoms with van der Waals surface area (Å²) in [6, 6.07) is 5.94. The lowest BCUT2D eigenvalue weighted by Crippen LogP contribution is -2.26. The van der Waals surface area contributed by atoms with Crippen LogP contribution in [0.25, 0.3) is 11.3 Å². The number of hydrogen-bond acceptors (Lipinski definition) is 3. The predicted octanol–water partition coefficient (Wildman–Crippen LogP) is 2.68. The molecule has 1 amide bonds. The third kappa shape index (κ3) is 1.80. The molecule has 3 rings (SSSR count). The normalized spacial score (nSPS) is 16.1. The molecule has 0 radical (unpaired) electrons. The molecule has 96 valence electrons. The fraction of sp³-hybridized carbons (Fsp3) is 0.267. The Morgan fingerprint density at radius 3 is 2.63 bits per heavy atom. The van der Waals surface area contributed by atoms with Crippen LogP contribution in [0.15, 0.2) is 30.6 Å². The van der Waals surface area contributed by atoms with Gasteiger partial charge in [0.2, 0.25) is 5.91 Å². The standard InChI is InChI=1S/C15H15N3O/c1-9-7-17-13(8-16-9)10-4-5-11-12(6-10)18-14(19)15(11,2)3/h4-8H,1-3H3,(H,18,19). The topological polar surface area (TPSA) is 54.9 Å². The highest BCUT2D eigenvalue weighted by Gasteiger charge is 2.38. The minimum atomic E-state index is -0.465. The van der Waals surface area contributed by atoms with Gasteiger partial charge in [-0.25, -0.2) is 0 Å². The number of aromatic nitrogens is 2. The Morgan fingerprint density at radius 2 is 1.95 bits per heavy atom. The smallest absolute Gasteiger partial charge is 0.234 e. The van der Waals surface area contributed by atoms with E-state index < -0.39 is 5.41 Å². The molecular weight excluding hydrogens is 238 g/mol. The van der Waals surface area contributed by atoms with Crippen LogP contribution < -0.4 is 5.32 Å². The number of nitrogens with one attached hydrogen (secondary N) is 1. The van der Waals surface area contributed by atoms with Crippen LogP contribution in [-0.2, 0) is 10.2 Å². The van der Waals surface area contributed by atoms with Crippen LogP contribution in [0, 0.1) is 6.92 Å². The quantitative estimate of drug-likeness (QED) is 0.850. The number of benzene rings is 1. The van der Waals surface area contributed by atoms with E-state index in [2.05, 4.69) is 15.3 Å². The van der Waals surface area contributed by atoms with E-state index in [9.17, 15) is 4.79 Å². The monoisotopic (exact) mass is 253 g/mol. The maximum absolute atomic E-state index is 11.9. The molecule has 19 heavy (non-hydrogen) atoms. The molecule has 0 aliphatic carbocycles. The maximum Gasteiger partial charge on any atom is 0.234 e. The lowest BCUT2D eigenvalue weighted by molar-refractivity contribution is -0.119. The van der Waals surface area contributed by atoms with Crippen molar-refractivity contribution in [1.82, 2.24) is 9.97 Å². The van der Waals surface area contributed by atoms with E-state index in [1.807, 2.05) is 39.0 Å². The van der Waals surface area contributed by atoms with Gasteiger partial charge in [0.1, 0.15) is 0 Å². The van der Waals surface area contributed by atoms with Crippen LogP contribution in [0.5, 0.6) is 0 Å². The molecule has 0 spiro atoms. The second kappa shape index (κ2) is 3.88. The summed E-state index contributed by atoms with van der Waals surface area (Å²) in [7, 11) is 0. The number of nitrogens with zero attached hydrogens (tertiary/aromatic N) is 2. The molecule has 1 aromatic heterocycles. The Bertz CT molecular complexity index is 660. The molecule has 2 heterocycles. The lowest BCUT2D eigenvalue weighted by Gasteiger charge is -2.14. The van der Waals surface area contributed by atoms with Crippen molar-refractivity contribution in [2.75, 3.05) is 5.32 Å². The van der Waals surface area contributed by atoms with Crippen LogP contribution in [0.1, 0.15) is 25.1 Å². The molecule has 1 N–H and O–H groups in total. The molecule has 4 heteroatoms. The highest BCUT2D eigenvalue weighted by molar-refractivity contribution is 6.06. The first-order chi connectivity index (χ1) is 8.98. The summed E-state index contributed by atoms with van der Waals surface area (Å²) in [5, 5.41) is 2.92. The number of carbonyl (C=O) groups excluding carboxylic acids is 1. The maximum atomic E-state index is 11.9. The van der Waals surface area contributed by atoms with E-state index in [1.54, 1.807) is 12.4 Å². The number of fused-ring (bicyclic) bond motifs is 1. The van der Waals surface area contributed by atoms with Gasteiger partial charge in [-0.05, 0) is 32.4 Å². The van der Waals surface area contributed by atoms with E-state index >= 15 is 0 Å². The van der Waals surface area contributed by atoms with Crippen molar-refractivity contribution >= 4 is 11.6 Å². The van der Waals surface area contributed by atoms with E-state index in [4.69, 9.17) is 0 Å². The van der Waals surface area contributed by atoms with Crippen molar-refractivity contribution in [1.29, 1.82) is 0 Å². The van der Waals surface area contributed by atoms with Crippen molar-refractivity contribution in [2.45, 2.75) is 26.2 Å². The summed E-state index contributed by atoms with van der Waals surface area (Å²) < 4.78 is 0. The molecule has 0 atom stereocenters. The number of rotatable bonds is 1. The summed E-state index contributed by atoms with van der Waals surface area (Å²) in [5.74, 6) is 0.0367. The number of anilines is 1. The van der Waals surface area contributed by atoms with Crippen molar-refractivity contribution in [3.05, 3.63) is 41.9 Å². The number of carbonyl (C=O) groups is 1. The van der Waals surface area contributed by atoms with E-state index in [1.165, 1.54) is 0 Å². The van der Waals surface area contributed by atoms with Gasteiger partial charge in [0.15, 0.2) is 0 Å². The second-order valence-electron chi connectivity index (χ2n) is 5.38. The Morgan fingerprint density at radius 1 is 1.16 bits per heavy atom. The molecule has 0 saturated heterocycles. The lowest BCUT2D eigenvalue weighted by atomic mass is 9.86. The highest BCUT2D eigenvalue weighted by atomic mass is 16.2. The zero-order chi connectivity index (χ0) is 13.6. The van der Waals surface area contributed by atoms with E-state index in [0.29, 0.717) is 0 Å². The SMILES string of the molecule is Cc1cnc(-c2ccc3c(c2)NC(=O)C3(C)C)cn1. The molecule has 0 fully saturated rings. The summed E-state index contributed by atoms with van der Waals surface area (Å²) in [5.41, 5.74) is 4.10. The molecule has 4 nitrogen and oxygen atoms in total. The van der Waals surface area contributed by atoms with Gasteiger partial charge < -0.3 is 5.32 Å². The zero-order valence-corrected chi connectivity index (χ0v) is 11.2. The molecule has 0 bridgehead atoms. The minimum Gasteiger partial charge on any atom is -0.325 e. The summed E-state index contributed by atoms with van der Waals surface area (Å²) in [6.07, 6.45) is 3.49. The Balaban J connectivity index is 2.07. The fourth-order valence-corrected chi connectivity index (χ4v) is 2.29. The van der Waals surface area contributed by atoms with Gasteiger partial charge in [-0.3, -0.25) is 14.8 Å². The van der Waals surface area contributed by atoms with Gasteiger partial charge in [0.05, 0.1) is 23.0 Å². The average molecular weight is 253 g/mol. The van der Waals surface area contributed by atoms with Gasteiger partial charge in [-0.1, -0.05) is 12.1 Å². The number of amides is 1. The predicted molar refractivity (Wildman–Crippen MR) is 73.9 cm³/mol. The van der Waals surface area contributed by atoms with Crippen LogP contribution in [0.2, 0.25) is 0 Å². The first kappa shape index (κ1) is 11.8. The summed E-state index contributed by atoms with van der Waals surface area (Å²) >= 11 is 0. The zero-order valence-electron chi connectivity index (χ0n) is 11.2. The Kier molecular flexibility index (Phi) is 2.42. The summed E-state index contributed by atoms with van der Waals surface area (Å²) in [6.45, 7) is 5.77. The molecule has 1 aliphatic rings. The van der Waals surface area contributed by atoms with E-state index in [-0.39, 0.29) is 5.91 Å². The fourth-order valence-electron chi connectivity index (χ4n) is 2.29. The highest BCUT2D eigenvalue weighted by Crippen LogP contribution is 2.38. The van der Waals surface area contributed by atoms with Gasteiger partial charge in [-0.15, -0.1) is 0 Å². The largest absolute Gasteiger partial charge is 0.325 e. The number of hydrogen-bond donors (Lipinski definition) is 1. The third-order valence-electron chi connectivity index (χ3n) is 3.59. The minimum absolute atomic E-state index is 0.0367. The van der Waals surface area contributed by atoms with Gasteiger partial charge >= 0.3 is 0 Å². The molecule has 2 aromatic rings.